The van der Waals surface area contributed by atoms with E-state index < -0.39 is 0 Å². The molecule has 80 valence electrons. The van der Waals surface area contributed by atoms with Crippen LogP contribution >= 0.6 is 45.2 Å². The third-order valence-electron chi connectivity index (χ3n) is 4.32. The smallest absolute Gasteiger partial charge is 0.0659 e. The molecule has 0 spiro atoms. The van der Waals surface area contributed by atoms with Crippen molar-refractivity contribution in [3.05, 3.63) is 35.9 Å². The first kappa shape index (κ1) is 10.8. The van der Waals surface area contributed by atoms with Gasteiger partial charge in [0.25, 0.3) is 0 Å². The molecule has 2 saturated carbocycles. The Hall–Kier alpha value is 0.680. The molecule has 0 nitrogen and oxygen atoms in total. The topological polar surface area (TPSA) is 0 Å². The van der Waals surface area contributed by atoms with Gasteiger partial charge in [0, 0.05) is 5.41 Å². The second kappa shape index (κ2) is 3.59. The van der Waals surface area contributed by atoms with E-state index in [4.69, 9.17) is 0 Å². The maximum Gasteiger partial charge on any atom is 0.0858 e. The summed E-state index contributed by atoms with van der Waals surface area (Å²) in [6.45, 7) is 0. The maximum absolute atomic E-state index is 2.72. The second-order valence-corrected chi connectivity index (χ2v) is 10.3. The van der Waals surface area contributed by atoms with Gasteiger partial charge in [-0.3, -0.25) is 0 Å². The molecule has 0 radical (unpaired) electrons. The summed E-state index contributed by atoms with van der Waals surface area (Å²) in [6.07, 6.45) is 5.66. The molecule has 3 rings (SSSR count). The summed E-state index contributed by atoms with van der Waals surface area (Å²) in [5, 5.41) is 0. The molecule has 1 aromatic rings. The van der Waals surface area contributed by atoms with Gasteiger partial charge in [-0.05, 0) is 37.2 Å². The van der Waals surface area contributed by atoms with Gasteiger partial charge in [-0.15, -0.1) is 0 Å². The normalized spacial score (nSPS) is 37.1. The summed E-state index contributed by atoms with van der Waals surface area (Å²) in [4.78, 5) is 0. The Morgan fingerprint density at radius 3 is 2.07 bits per heavy atom. The third-order valence-corrected chi connectivity index (χ3v) is 8.14. The van der Waals surface area contributed by atoms with Crippen molar-refractivity contribution in [1.29, 1.82) is 0 Å². The first-order valence-corrected chi connectivity index (χ1v) is 7.76. The van der Waals surface area contributed by atoms with Gasteiger partial charge in [0.1, 0.15) is 0 Å². The fourth-order valence-corrected chi connectivity index (χ4v) is 6.38. The summed E-state index contributed by atoms with van der Waals surface area (Å²) >= 11 is 5.45. The van der Waals surface area contributed by atoms with Gasteiger partial charge >= 0.3 is 0 Å². The number of rotatable bonds is 1. The number of benzene rings is 1. The zero-order valence-electron chi connectivity index (χ0n) is 8.55. The lowest BCUT2D eigenvalue weighted by atomic mass is 9.78. The maximum atomic E-state index is 2.72. The van der Waals surface area contributed by atoms with Crippen molar-refractivity contribution in [2.45, 2.75) is 32.5 Å². The van der Waals surface area contributed by atoms with Crippen molar-refractivity contribution in [2.75, 3.05) is 0 Å². The summed E-state index contributed by atoms with van der Waals surface area (Å²) in [5.74, 6) is 0.943. The molecule has 0 atom stereocenters. The van der Waals surface area contributed by atoms with Crippen LogP contribution in [0.2, 0.25) is 0 Å². The van der Waals surface area contributed by atoms with E-state index in [1.165, 1.54) is 25.7 Å². The summed E-state index contributed by atoms with van der Waals surface area (Å²) in [6, 6.07) is 11.2. The molecule has 15 heavy (non-hydrogen) atoms. The van der Waals surface area contributed by atoms with Crippen molar-refractivity contribution < 1.29 is 0 Å². The van der Waals surface area contributed by atoms with E-state index in [1.807, 2.05) is 0 Å². The average molecular weight is 424 g/mol. The molecule has 0 aromatic heterocycles. The van der Waals surface area contributed by atoms with Crippen LogP contribution in [-0.2, 0) is 5.41 Å². The molecule has 0 amide bonds. The Bertz CT molecular complexity index is 361. The van der Waals surface area contributed by atoms with E-state index in [-0.39, 0.29) is 0 Å². The number of alkyl halides is 2. The van der Waals surface area contributed by atoms with Gasteiger partial charge in [0.2, 0.25) is 0 Å². The Morgan fingerprint density at radius 1 is 1.00 bits per heavy atom. The quantitative estimate of drug-likeness (QED) is 0.454. The lowest BCUT2D eigenvalue weighted by Crippen LogP contribution is -2.35. The minimum Gasteiger partial charge on any atom is -0.0659 e. The van der Waals surface area contributed by atoms with Crippen molar-refractivity contribution in [3.63, 3.8) is 0 Å². The monoisotopic (exact) mass is 424 g/mol. The Labute approximate surface area is 118 Å². The lowest BCUT2D eigenvalue weighted by Gasteiger charge is -2.35. The van der Waals surface area contributed by atoms with Crippen molar-refractivity contribution in [2.24, 2.45) is 5.92 Å². The third kappa shape index (κ3) is 1.36. The number of fused-ring (bicyclic) bond motifs is 2. The molecule has 2 fully saturated rings. The van der Waals surface area contributed by atoms with Crippen LogP contribution in [0.4, 0.5) is 0 Å². The zero-order valence-corrected chi connectivity index (χ0v) is 12.9. The van der Waals surface area contributed by atoms with Crippen LogP contribution in [-0.4, -0.2) is 1.43 Å². The van der Waals surface area contributed by atoms with E-state index in [9.17, 15) is 0 Å². The van der Waals surface area contributed by atoms with Crippen LogP contribution in [0.25, 0.3) is 0 Å². The standard InChI is InChI=1S/C13H14I2/c14-13(15)11-6-8-12(13,9-7-11)10-4-2-1-3-5-10/h1-5,11H,6-9H2. The van der Waals surface area contributed by atoms with E-state index in [0.29, 0.717) is 6.84 Å². The molecule has 0 saturated heterocycles. The summed E-state index contributed by atoms with van der Waals surface area (Å²) < 4.78 is 0.462. The van der Waals surface area contributed by atoms with Crippen LogP contribution in [0, 0.1) is 5.92 Å². The Morgan fingerprint density at radius 2 is 1.60 bits per heavy atom. The molecule has 2 aliphatic rings. The Balaban J connectivity index is 2.11. The lowest BCUT2D eigenvalue weighted by molar-refractivity contribution is 0.421. The van der Waals surface area contributed by atoms with Gasteiger partial charge in [-0.1, -0.05) is 75.5 Å². The minimum absolute atomic E-state index is 0.462. The number of hydrogen-bond acceptors (Lipinski definition) is 0. The van der Waals surface area contributed by atoms with Gasteiger partial charge < -0.3 is 0 Å². The Kier molecular flexibility index (Phi) is 2.58. The fraction of sp³-hybridized carbons (Fsp3) is 0.538. The van der Waals surface area contributed by atoms with Crippen molar-refractivity contribution in [1.82, 2.24) is 0 Å². The minimum atomic E-state index is 0.462. The van der Waals surface area contributed by atoms with Gasteiger partial charge in [-0.2, -0.15) is 0 Å². The highest BCUT2D eigenvalue weighted by Gasteiger charge is 2.62. The fourth-order valence-electron chi connectivity index (χ4n) is 3.44. The molecule has 2 bridgehead atoms. The van der Waals surface area contributed by atoms with Gasteiger partial charge in [0.05, 0.1) is 1.43 Å². The molecular formula is C13H14I2. The van der Waals surface area contributed by atoms with Crippen molar-refractivity contribution in [3.8, 4) is 0 Å². The second-order valence-electron chi connectivity index (χ2n) is 4.85. The molecule has 2 heteroatoms. The van der Waals surface area contributed by atoms with Crippen LogP contribution in [0.5, 0.6) is 0 Å². The first-order chi connectivity index (χ1) is 7.17. The highest BCUT2D eigenvalue weighted by molar-refractivity contribution is 14.2. The van der Waals surface area contributed by atoms with Gasteiger partial charge in [-0.25, -0.2) is 0 Å². The molecule has 0 unspecified atom stereocenters. The molecule has 0 aliphatic heterocycles. The number of halogens is 2. The molecular weight excluding hydrogens is 410 g/mol. The molecule has 0 heterocycles. The van der Waals surface area contributed by atoms with Crippen molar-refractivity contribution >= 4 is 45.2 Å². The largest absolute Gasteiger partial charge is 0.0858 e. The zero-order chi connectivity index (χ0) is 10.5. The highest BCUT2D eigenvalue weighted by Crippen LogP contribution is 2.68. The molecule has 0 N–H and O–H groups in total. The van der Waals surface area contributed by atoms with E-state index in [2.05, 4.69) is 75.5 Å². The van der Waals surface area contributed by atoms with E-state index in [0.717, 1.165) is 5.92 Å². The summed E-state index contributed by atoms with van der Waals surface area (Å²) in [7, 11) is 0. The number of hydrogen-bond donors (Lipinski definition) is 0. The van der Waals surface area contributed by atoms with E-state index >= 15 is 0 Å². The predicted molar refractivity (Wildman–Crippen MR) is 80.8 cm³/mol. The van der Waals surface area contributed by atoms with Crippen LogP contribution in [0.3, 0.4) is 0 Å². The van der Waals surface area contributed by atoms with E-state index in [1.54, 1.807) is 5.56 Å². The van der Waals surface area contributed by atoms with Gasteiger partial charge in [0.15, 0.2) is 0 Å². The van der Waals surface area contributed by atoms with Crippen LogP contribution in [0.1, 0.15) is 31.2 Å². The highest BCUT2D eigenvalue weighted by atomic mass is 127. The SMILES string of the molecule is IC1(I)C2CCC1(c1ccccc1)CC2. The average Bonchev–Trinajstić information content (AvgIpc) is 2.68. The molecule has 2 aliphatic carbocycles. The van der Waals surface area contributed by atoms with Crippen LogP contribution < -0.4 is 0 Å². The first-order valence-electron chi connectivity index (χ1n) is 5.60. The summed E-state index contributed by atoms with van der Waals surface area (Å²) in [5.41, 5.74) is 2.05. The predicted octanol–water partition coefficient (Wildman–Crippen LogP) is 4.69. The van der Waals surface area contributed by atoms with Crippen LogP contribution in [0.15, 0.2) is 30.3 Å². The molecule has 1 aromatic carbocycles.